The van der Waals surface area contributed by atoms with E-state index in [1.165, 1.54) is 5.56 Å². The summed E-state index contributed by atoms with van der Waals surface area (Å²) in [4.78, 5) is 40.5. The predicted octanol–water partition coefficient (Wildman–Crippen LogP) is 2.28. The molecule has 0 saturated carbocycles. The molecule has 2 fully saturated rings. The SMILES string of the molecule is CCC(C)c1ccccc1N1CC(C(=O)NCCN2CCN(c3ncccn3)CC2)CC1=O. The van der Waals surface area contributed by atoms with Gasteiger partial charge in [-0.3, -0.25) is 14.5 Å². The molecule has 2 unspecified atom stereocenters. The summed E-state index contributed by atoms with van der Waals surface area (Å²) >= 11 is 0. The van der Waals surface area contributed by atoms with Gasteiger partial charge in [0.25, 0.3) is 0 Å². The van der Waals surface area contributed by atoms with E-state index in [4.69, 9.17) is 0 Å². The minimum atomic E-state index is -0.297. The lowest BCUT2D eigenvalue weighted by Crippen LogP contribution is -2.49. The van der Waals surface area contributed by atoms with Crippen LogP contribution in [0.25, 0.3) is 0 Å². The van der Waals surface area contributed by atoms with Crippen molar-refractivity contribution in [1.29, 1.82) is 0 Å². The third kappa shape index (κ3) is 5.50. The molecule has 2 amide bonds. The molecule has 2 saturated heterocycles. The Morgan fingerprint density at radius 3 is 2.58 bits per heavy atom. The fraction of sp³-hybridized carbons (Fsp3) is 0.520. The van der Waals surface area contributed by atoms with Crippen molar-refractivity contribution in [1.82, 2.24) is 20.2 Å². The lowest BCUT2D eigenvalue weighted by molar-refractivity contribution is -0.126. The molecule has 0 bridgehead atoms. The van der Waals surface area contributed by atoms with Gasteiger partial charge in [0.1, 0.15) is 0 Å². The first-order chi connectivity index (χ1) is 16.1. The zero-order valence-electron chi connectivity index (χ0n) is 19.6. The van der Waals surface area contributed by atoms with Gasteiger partial charge in [-0.05, 0) is 30.0 Å². The van der Waals surface area contributed by atoms with E-state index in [-0.39, 0.29) is 24.2 Å². The van der Waals surface area contributed by atoms with Crippen LogP contribution in [0.5, 0.6) is 0 Å². The molecule has 8 heteroatoms. The molecule has 0 radical (unpaired) electrons. The summed E-state index contributed by atoms with van der Waals surface area (Å²) in [7, 11) is 0. The number of aromatic nitrogens is 2. The number of amides is 2. The van der Waals surface area contributed by atoms with E-state index in [9.17, 15) is 9.59 Å². The molecule has 8 nitrogen and oxygen atoms in total. The normalized spacial score (nSPS) is 20.2. The molecule has 2 atom stereocenters. The number of hydrogen-bond donors (Lipinski definition) is 1. The fourth-order valence-electron chi connectivity index (χ4n) is 4.59. The summed E-state index contributed by atoms with van der Waals surface area (Å²) in [6.45, 7) is 9.75. The van der Waals surface area contributed by atoms with Gasteiger partial charge in [0, 0.05) is 70.3 Å². The number of benzene rings is 1. The highest BCUT2D eigenvalue weighted by atomic mass is 16.2. The number of rotatable bonds is 8. The van der Waals surface area contributed by atoms with Crippen molar-refractivity contribution < 1.29 is 9.59 Å². The van der Waals surface area contributed by atoms with Crippen molar-refractivity contribution >= 4 is 23.5 Å². The van der Waals surface area contributed by atoms with Gasteiger partial charge >= 0.3 is 0 Å². The summed E-state index contributed by atoms with van der Waals surface area (Å²) in [6.07, 6.45) is 4.82. The average molecular weight is 451 g/mol. The number of para-hydroxylation sites is 1. The molecular weight excluding hydrogens is 416 g/mol. The lowest BCUT2D eigenvalue weighted by atomic mass is 9.96. The summed E-state index contributed by atoms with van der Waals surface area (Å²) in [5.74, 6) is 0.856. The van der Waals surface area contributed by atoms with Gasteiger partial charge in [-0.25, -0.2) is 9.97 Å². The molecule has 1 aromatic carbocycles. The van der Waals surface area contributed by atoms with Crippen LogP contribution < -0.4 is 15.1 Å². The van der Waals surface area contributed by atoms with Crippen LogP contribution in [-0.4, -0.2) is 72.5 Å². The number of hydrogen-bond acceptors (Lipinski definition) is 6. The van der Waals surface area contributed by atoms with Crippen LogP contribution >= 0.6 is 0 Å². The van der Waals surface area contributed by atoms with E-state index in [2.05, 4.69) is 45.0 Å². The number of carbonyl (C=O) groups is 2. The standard InChI is InChI=1S/C25H34N6O2/c1-3-19(2)21-7-4-5-8-22(21)31-18-20(17-23(31)32)24(33)26-11-12-29-13-15-30(16-14-29)25-27-9-6-10-28-25/h4-10,19-20H,3,11-18H2,1-2H3,(H,26,33). The van der Waals surface area contributed by atoms with E-state index < -0.39 is 0 Å². The van der Waals surface area contributed by atoms with Gasteiger partial charge in [-0.15, -0.1) is 0 Å². The van der Waals surface area contributed by atoms with Crippen LogP contribution in [0.15, 0.2) is 42.7 Å². The molecule has 1 aromatic heterocycles. The second-order valence-electron chi connectivity index (χ2n) is 8.94. The van der Waals surface area contributed by atoms with Gasteiger partial charge in [-0.1, -0.05) is 32.0 Å². The van der Waals surface area contributed by atoms with Crippen LogP contribution in [0.4, 0.5) is 11.6 Å². The quantitative estimate of drug-likeness (QED) is 0.665. The van der Waals surface area contributed by atoms with E-state index in [0.29, 0.717) is 19.0 Å². The van der Waals surface area contributed by atoms with E-state index >= 15 is 0 Å². The summed E-state index contributed by atoms with van der Waals surface area (Å²) in [5, 5.41) is 3.06. The maximum absolute atomic E-state index is 12.8. The monoisotopic (exact) mass is 450 g/mol. The Bertz CT molecular complexity index is 945. The highest BCUT2D eigenvalue weighted by molar-refractivity contribution is 6.00. The highest BCUT2D eigenvalue weighted by Crippen LogP contribution is 2.33. The molecule has 2 aromatic rings. The molecule has 3 heterocycles. The van der Waals surface area contributed by atoms with E-state index in [1.807, 2.05) is 24.3 Å². The minimum absolute atomic E-state index is 0.0248. The average Bonchev–Trinajstić information content (AvgIpc) is 3.26. The van der Waals surface area contributed by atoms with E-state index in [1.54, 1.807) is 17.3 Å². The molecule has 2 aliphatic rings. The topological polar surface area (TPSA) is 81.7 Å². The minimum Gasteiger partial charge on any atom is -0.355 e. The molecule has 0 spiro atoms. The van der Waals surface area contributed by atoms with Crippen molar-refractivity contribution in [3.05, 3.63) is 48.3 Å². The summed E-state index contributed by atoms with van der Waals surface area (Å²) in [5.41, 5.74) is 2.13. The third-order valence-corrected chi connectivity index (χ3v) is 6.80. The summed E-state index contributed by atoms with van der Waals surface area (Å²) in [6, 6.07) is 9.89. The molecule has 33 heavy (non-hydrogen) atoms. The molecule has 0 aliphatic carbocycles. The second-order valence-corrected chi connectivity index (χ2v) is 8.94. The first-order valence-electron chi connectivity index (χ1n) is 12.0. The zero-order valence-corrected chi connectivity index (χ0v) is 19.6. The van der Waals surface area contributed by atoms with Crippen LogP contribution in [0.2, 0.25) is 0 Å². The van der Waals surface area contributed by atoms with Crippen molar-refractivity contribution in [3.63, 3.8) is 0 Å². The second kappa shape index (κ2) is 10.7. The Labute approximate surface area is 196 Å². The van der Waals surface area contributed by atoms with Gasteiger partial charge in [0.2, 0.25) is 17.8 Å². The molecule has 176 valence electrons. The van der Waals surface area contributed by atoms with Crippen LogP contribution in [0.1, 0.15) is 38.2 Å². The van der Waals surface area contributed by atoms with Crippen molar-refractivity contribution in [2.75, 3.05) is 55.6 Å². The number of nitrogens with one attached hydrogen (secondary N) is 1. The summed E-state index contributed by atoms with van der Waals surface area (Å²) < 4.78 is 0. The Morgan fingerprint density at radius 2 is 1.85 bits per heavy atom. The molecule has 1 N–H and O–H groups in total. The Hall–Kier alpha value is -3.00. The predicted molar refractivity (Wildman–Crippen MR) is 129 cm³/mol. The maximum Gasteiger partial charge on any atom is 0.227 e. The number of nitrogens with zero attached hydrogens (tertiary/aromatic N) is 5. The van der Waals surface area contributed by atoms with E-state index in [0.717, 1.165) is 50.8 Å². The largest absolute Gasteiger partial charge is 0.355 e. The van der Waals surface area contributed by atoms with Gasteiger partial charge in [0.05, 0.1) is 5.92 Å². The van der Waals surface area contributed by atoms with Crippen molar-refractivity contribution in [3.8, 4) is 0 Å². The van der Waals surface area contributed by atoms with Crippen LogP contribution in [0.3, 0.4) is 0 Å². The Morgan fingerprint density at radius 1 is 1.12 bits per heavy atom. The van der Waals surface area contributed by atoms with Gasteiger partial charge < -0.3 is 15.1 Å². The first kappa shape index (κ1) is 23.2. The number of carbonyl (C=O) groups excluding carboxylic acids is 2. The molecule has 2 aliphatic heterocycles. The van der Waals surface area contributed by atoms with Gasteiger partial charge in [-0.2, -0.15) is 0 Å². The highest BCUT2D eigenvalue weighted by Gasteiger charge is 2.36. The van der Waals surface area contributed by atoms with Crippen LogP contribution in [0, 0.1) is 5.92 Å². The third-order valence-electron chi connectivity index (χ3n) is 6.80. The molecule has 4 rings (SSSR count). The molecular formula is C25H34N6O2. The van der Waals surface area contributed by atoms with Crippen molar-refractivity contribution in [2.45, 2.75) is 32.6 Å². The number of anilines is 2. The number of piperazine rings is 1. The fourth-order valence-corrected chi connectivity index (χ4v) is 4.59. The van der Waals surface area contributed by atoms with Crippen molar-refractivity contribution in [2.24, 2.45) is 5.92 Å². The zero-order chi connectivity index (χ0) is 23.2. The van der Waals surface area contributed by atoms with Crippen LogP contribution in [-0.2, 0) is 9.59 Å². The Balaban J connectivity index is 1.24. The lowest BCUT2D eigenvalue weighted by Gasteiger charge is -2.34. The first-order valence-corrected chi connectivity index (χ1v) is 12.0. The van der Waals surface area contributed by atoms with Gasteiger partial charge in [0.15, 0.2) is 0 Å². The smallest absolute Gasteiger partial charge is 0.227 e. The maximum atomic E-state index is 12.8. The Kier molecular flexibility index (Phi) is 7.54.